The molecule has 0 bridgehead atoms. The van der Waals surface area contributed by atoms with Crippen LogP contribution >= 0.6 is 11.6 Å². The Morgan fingerprint density at radius 3 is 2.69 bits per heavy atom. The molecular weight excluding hydrogens is 229 g/mol. The summed E-state index contributed by atoms with van der Waals surface area (Å²) in [5.74, 6) is -0.325. The molecule has 1 heterocycles. The Labute approximate surface area is 97.1 Å². The zero-order valence-electron chi connectivity index (χ0n) is 8.97. The average Bonchev–Trinajstić information content (AvgIpc) is 2.22. The fraction of sp³-hybridized carbons (Fsp3) is 0.250. The van der Waals surface area contributed by atoms with Crippen LogP contribution < -0.4 is 5.43 Å². The van der Waals surface area contributed by atoms with Crippen molar-refractivity contribution in [3.63, 3.8) is 0 Å². The molecule has 0 aliphatic carbocycles. The van der Waals surface area contributed by atoms with Crippen molar-refractivity contribution in [1.82, 2.24) is 4.98 Å². The number of nitrogens with one attached hydrogen (secondary N) is 1. The summed E-state index contributed by atoms with van der Waals surface area (Å²) in [6.07, 6.45) is 0. The number of rotatable bonds is 1. The number of benzene rings is 1. The van der Waals surface area contributed by atoms with Crippen molar-refractivity contribution in [2.24, 2.45) is 0 Å². The molecule has 4 heteroatoms. The molecule has 0 radical (unpaired) electrons. The van der Waals surface area contributed by atoms with Gasteiger partial charge in [-0.05, 0) is 18.1 Å². The molecule has 1 aromatic carbocycles. The lowest BCUT2D eigenvalue weighted by Gasteiger charge is -2.08. The number of pyridine rings is 1. The predicted octanol–water partition coefficient (Wildman–Crippen LogP) is 3.44. The van der Waals surface area contributed by atoms with Crippen LogP contribution in [0.15, 0.2) is 23.0 Å². The largest absolute Gasteiger partial charge is 0.356 e. The van der Waals surface area contributed by atoms with Crippen molar-refractivity contribution in [3.8, 4) is 0 Å². The molecule has 1 N–H and O–H groups in total. The Bertz CT molecular complexity index is 604. The topological polar surface area (TPSA) is 32.9 Å². The lowest BCUT2D eigenvalue weighted by molar-refractivity contribution is 0.635. The van der Waals surface area contributed by atoms with Crippen LogP contribution in [-0.2, 0) is 0 Å². The summed E-state index contributed by atoms with van der Waals surface area (Å²) in [6, 6.07) is 4.12. The maximum absolute atomic E-state index is 13.6. The van der Waals surface area contributed by atoms with Gasteiger partial charge in [-0.1, -0.05) is 25.4 Å². The van der Waals surface area contributed by atoms with Gasteiger partial charge >= 0.3 is 0 Å². The fourth-order valence-corrected chi connectivity index (χ4v) is 1.87. The van der Waals surface area contributed by atoms with Gasteiger partial charge in [0, 0.05) is 11.8 Å². The second-order valence-corrected chi connectivity index (χ2v) is 4.43. The molecule has 0 aliphatic rings. The Kier molecular flexibility index (Phi) is 2.72. The zero-order chi connectivity index (χ0) is 11.9. The van der Waals surface area contributed by atoms with E-state index in [9.17, 15) is 9.18 Å². The van der Waals surface area contributed by atoms with Crippen LogP contribution in [0.1, 0.15) is 25.5 Å². The van der Waals surface area contributed by atoms with Crippen LogP contribution in [0.5, 0.6) is 0 Å². The quantitative estimate of drug-likeness (QED) is 0.812. The van der Waals surface area contributed by atoms with Gasteiger partial charge in [0.05, 0.1) is 15.9 Å². The van der Waals surface area contributed by atoms with E-state index in [4.69, 9.17) is 11.6 Å². The van der Waals surface area contributed by atoms with Gasteiger partial charge in [0.25, 0.3) is 0 Å². The summed E-state index contributed by atoms with van der Waals surface area (Å²) in [5, 5.41) is 0.485. The first-order valence-corrected chi connectivity index (χ1v) is 5.39. The summed E-state index contributed by atoms with van der Waals surface area (Å²) in [5.41, 5.74) is 0.643. The van der Waals surface area contributed by atoms with Crippen molar-refractivity contribution in [2.45, 2.75) is 19.8 Å². The molecule has 1 aromatic heterocycles. The number of aromatic nitrogens is 1. The third-order valence-electron chi connectivity index (χ3n) is 2.53. The van der Waals surface area contributed by atoms with Gasteiger partial charge in [-0.3, -0.25) is 4.79 Å². The molecule has 84 valence electrons. The molecule has 0 unspecified atom stereocenters. The van der Waals surface area contributed by atoms with Crippen molar-refractivity contribution in [2.75, 3.05) is 0 Å². The van der Waals surface area contributed by atoms with E-state index in [-0.39, 0.29) is 27.3 Å². The molecule has 16 heavy (non-hydrogen) atoms. The minimum atomic E-state index is -0.459. The Morgan fingerprint density at radius 2 is 2.06 bits per heavy atom. The van der Waals surface area contributed by atoms with Gasteiger partial charge in [0.1, 0.15) is 5.82 Å². The van der Waals surface area contributed by atoms with Crippen LogP contribution in [0.4, 0.5) is 4.39 Å². The highest BCUT2D eigenvalue weighted by atomic mass is 35.5. The van der Waals surface area contributed by atoms with Crippen LogP contribution in [0.3, 0.4) is 0 Å². The molecule has 0 saturated carbocycles. The molecule has 0 saturated heterocycles. The second kappa shape index (κ2) is 3.91. The number of hydrogen-bond acceptors (Lipinski definition) is 1. The van der Waals surface area contributed by atoms with E-state index >= 15 is 0 Å². The molecule has 0 spiro atoms. The van der Waals surface area contributed by atoms with Gasteiger partial charge in [-0.2, -0.15) is 0 Å². The molecule has 0 amide bonds. The van der Waals surface area contributed by atoms with Gasteiger partial charge < -0.3 is 4.98 Å². The van der Waals surface area contributed by atoms with E-state index in [1.807, 2.05) is 13.8 Å². The molecular formula is C12H11ClFNO. The molecule has 0 aliphatic heterocycles. The lowest BCUT2D eigenvalue weighted by Crippen LogP contribution is -2.07. The van der Waals surface area contributed by atoms with E-state index in [1.165, 1.54) is 18.2 Å². The van der Waals surface area contributed by atoms with Gasteiger partial charge in [-0.15, -0.1) is 0 Å². The first kappa shape index (κ1) is 11.1. The number of fused-ring (bicyclic) bond motifs is 1. The third kappa shape index (κ3) is 1.71. The van der Waals surface area contributed by atoms with Gasteiger partial charge in [-0.25, -0.2) is 4.39 Å². The van der Waals surface area contributed by atoms with Gasteiger partial charge in [0.15, 0.2) is 5.43 Å². The van der Waals surface area contributed by atoms with Crippen molar-refractivity contribution < 1.29 is 4.39 Å². The van der Waals surface area contributed by atoms with Crippen LogP contribution in [-0.4, -0.2) is 4.98 Å². The zero-order valence-corrected chi connectivity index (χ0v) is 9.73. The molecule has 2 rings (SSSR count). The van der Waals surface area contributed by atoms with E-state index in [2.05, 4.69) is 4.98 Å². The van der Waals surface area contributed by atoms with Crippen molar-refractivity contribution in [3.05, 3.63) is 45.0 Å². The first-order valence-electron chi connectivity index (χ1n) is 5.01. The van der Waals surface area contributed by atoms with Gasteiger partial charge in [0.2, 0.25) is 0 Å². The summed E-state index contributed by atoms with van der Waals surface area (Å²) < 4.78 is 13.6. The normalized spacial score (nSPS) is 11.3. The monoisotopic (exact) mass is 239 g/mol. The van der Waals surface area contributed by atoms with Crippen molar-refractivity contribution in [1.29, 1.82) is 0 Å². The summed E-state index contributed by atoms with van der Waals surface area (Å²) in [7, 11) is 0. The maximum atomic E-state index is 13.6. The SMILES string of the molecule is CC(C)c1cc(=O)c2c(Cl)ccc(F)c2[nH]1. The van der Waals surface area contributed by atoms with E-state index in [1.54, 1.807) is 0 Å². The summed E-state index contributed by atoms with van der Waals surface area (Å²) in [6.45, 7) is 3.86. The predicted molar refractivity (Wildman–Crippen MR) is 63.6 cm³/mol. The molecule has 0 fully saturated rings. The number of hydrogen-bond donors (Lipinski definition) is 1. The number of H-pyrrole nitrogens is 1. The first-order chi connectivity index (χ1) is 7.50. The molecule has 2 aromatic rings. The average molecular weight is 240 g/mol. The Morgan fingerprint density at radius 1 is 1.38 bits per heavy atom. The highest BCUT2D eigenvalue weighted by Crippen LogP contribution is 2.23. The molecule has 0 atom stereocenters. The van der Waals surface area contributed by atoms with Crippen LogP contribution in [0.2, 0.25) is 5.02 Å². The minimum absolute atomic E-state index is 0.135. The molecule has 2 nitrogen and oxygen atoms in total. The fourth-order valence-electron chi connectivity index (χ4n) is 1.62. The lowest BCUT2D eigenvalue weighted by atomic mass is 10.1. The van der Waals surface area contributed by atoms with E-state index in [0.717, 1.165) is 0 Å². The van der Waals surface area contributed by atoms with Crippen LogP contribution in [0.25, 0.3) is 10.9 Å². The summed E-state index contributed by atoms with van der Waals surface area (Å²) in [4.78, 5) is 14.7. The standard InChI is InChI=1S/C12H11ClFNO/c1-6(2)9-5-10(16)11-7(13)3-4-8(14)12(11)15-9/h3-6H,1-2H3,(H,15,16). The van der Waals surface area contributed by atoms with Crippen molar-refractivity contribution >= 4 is 22.5 Å². The number of halogens is 2. The Balaban J connectivity index is 2.92. The van der Waals surface area contributed by atoms with Crippen LogP contribution in [0, 0.1) is 5.82 Å². The second-order valence-electron chi connectivity index (χ2n) is 4.02. The minimum Gasteiger partial charge on any atom is -0.356 e. The number of aromatic amines is 1. The third-order valence-corrected chi connectivity index (χ3v) is 2.84. The smallest absolute Gasteiger partial charge is 0.191 e. The van der Waals surface area contributed by atoms with E-state index in [0.29, 0.717) is 5.69 Å². The highest BCUT2D eigenvalue weighted by Gasteiger charge is 2.11. The maximum Gasteiger partial charge on any atom is 0.191 e. The highest BCUT2D eigenvalue weighted by molar-refractivity contribution is 6.35. The Hall–Kier alpha value is -1.35. The van der Waals surface area contributed by atoms with E-state index < -0.39 is 5.82 Å². The summed E-state index contributed by atoms with van der Waals surface area (Å²) >= 11 is 5.88.